The zero-order chi connectivity index (χ0) is 22.6. The van der Waals surface area contributed by atoms with E-state index in [1.54, 1.807) is 15.6 Å². The number of rotatable bonds is 3. The maximum atomic E-state index is 13.6. The number of fused-ring (bicyclic) bond motifs is 1. The lowest BCUT2D eigenvalue weighted by molar-refractivity contribution is 0.0975. The van der Waals surface area contributed by atoms with Crippen molar-refractivity contribution in [2.45, 2.75) is 32.5 Å². The SMILES string of the molecule is Cc1cccc(N2C(=O)c3ccccc3N[C@@H]2c2c(C)nn([C@H]3CCS(=O)(=O)C3)c2Cl)c1. The lowest BCUT2D eigenvalue weighted by Gasteiger charge is -2.38. The number of aryl methyl sites for hydroxylation is 2. The van der Waals surface area contributed by atoms with Gasteiger partial charge < -0.3 is 5.32 Å². The Kier molecular flexibility index (Phi) is 5.02. The number of carbonyl (C=O) groups excluding carboxylic acids is 1. The largest absolute Gasteiger partial charge is 0.360 e. The molecule has 5 rings (SSSR count). The summed E-state index contributed by atoms with van der Waals surface area (Å²) in [4.78, 5) is 15.3. The zero-order valence-corrected chi connectivity index (χ0v) is 19.3. The van der Waals surface area contributed by atoms with E-state index < -0.39 is 16.0 Å². The average Bonchev–Trinajstić information content (AvgIpc) is 3.25. The number of anilines is 2. The zero-order valence-electron chi connectivity index (χ0n) is 17.7. The Morgan fingerprint density at radius 1 is 1.12 bits per heavy atom. The van der Waals surface area contributed by atoms with Gasteiger partial charge in [0, 0.05) is 11.4 Å². The number of hydrogen-bond acceptors (Lipinski definition) is 5. The molecule has 1 N–H and O–H groups in total. The van der Waals surface area contributed by atoms with Crippen LogP contribution in [0.4, 0.5) is 11.4 Å². The summed E-state index contributed by atoms with van der Waals surface area (Å²) in [6.45, 7) is 3.81. The first kappa shape index (κ1) is 21.0. The fourth-order valence-corrected chi connectivity index (χ4v) is 6.66. The van der Waals surface area contributed by atoms with Crippen LogP contribution in [0.1, 0.15) is 45.8 Å². The number of carbonyl (C=O) groups is 1. The molecule has 2 aliphatic heterocycles. The van der Waals surface area contributed by atoms with Crippen molar-refractivity contribution in [3.05, 3.63) is 76.1 Å². The van der Waals surface area contributed by atoms with Crippen LogP contribution in [0.3, 0.4) is 0 Å². The molecule has 0 unspecified atom stereocenters. The lowest BCUT2D eigenvalue weighted by atomic mass is 10.0. The Labute approximate surface area is 191 Å². The first-order valence-electron chi connectivity index (χ1n) is 10.5. The number of benzene rings is 2. The van der Waals surface area contributed by atoms with E-state index in [1.165, 1.54) is 0 Å². The third-order valence-corrected chi connectivity index (χ3v) is 8.23. The molecule has 3 heterocycles. The number of amides is 1. The standard InChI is InChI=1S/C23H23ClN4O3S/c1-14-6-5-7-16(12-14)27-22(25-19-9-4-3-8-18(19)23(27)29)20-15(2)26-28(21(20)24)17-10-11-32(30,31)13-17/h3-9,12,17,22,25H,10-11,13H2,1-2H3/t17-,22-/m0/s1. The third kappa shape index (κ3) is 3.47. The van der Waals surface area contributed by atoms with Crippen molar-refractivity contribution in [1.29, 1.82) is 0 Å². The highest BCUT2D eigenvalue weighted by Crippen LogP contribution is 2.41. The second kappa shape index (κ2) is 7.64. The molecular formula is C23H23ClN4O3S. The fraction of sp³-hybridized carbons (Fsp3) is 0.304. The van der Waals surface area contributed by atoms with Gasteiger partial charge in [0.2, 0.25) is 0 Å². The summed E-state index contributed by atoms with van der Waals surface area (Å²) in [7, 11) is -3.10. The van der Waals surface area contributed by atoms with Gasteiger partial charge in [-0.2, -0.15) is 5.10 Å². The summed E-state index contributed by atoms with van der Waals surface area (Å²) in [5, 5.41) is 8.42. The monoisotopic (exact) mass is 470 g/mol. The Hall–Kier alpha value is -2.84. The van der Waals surface area contributed by atoms with Crippen LogP contribution in [0.25, 0.3) is 0 Å². The predicted octanol–water partition coefficient (Wildman–Crippen LogP) is 4.28. The molecule has 0 aliphatic carbocycles. The van der Waals surface area contributed by atoms with E-state index in [-0.39, 0.29) is 23.5 Å². The molecule has 1 aromatic heterocycles. The third-order valence-electron chi connectivity index (χ3n) is 6.11. The minimum atomic E-state index is -3.10. The predicted molar refractivity (Wildman–Crippen MR) is 125 cm³/mol. The van der Waals surface area contributed by atoms with Crippen molar-refractivity contribution in [2.75, 3.05) is 21.7 Å². The molecule has 1 amide bonds. The van der Waals surface area contributed by atoms with Crippen LogP contribution in [0, 0.1) is 13.8 Å². The summed E-state index contributed by atoms with van der Waals surface area (Å²) < 4.78 is 25.6. The van der Waals surface area contributed by atoms with Gasteiger partial charge in [-0.15, -0.1) is 0 Å². The number of nitrogens with zero attached hydrogens (tertiary/aromatic N) is 3. The maximum absolute atomic E-state index is 13.6. The van der Waals surface area contributed by atoms with E-state index in [4.69, 9.17) is 11.6 Å². The van der Waals surface area contributed by atoms with E-state index in [9.17, 15) is 13.2 Å². The van der Waals surface area contributed by atoms with Gasteiger partial charge >= 0.3 is 0 Å². The molecule has 32 heavy (non-hydrogen) atoms. The van der Waals surface area contributed by atoms with Crippen LogP contribution in [0.15, 0.2) is 48.5 Å². The van der Waals surface area contributed by atoms with Gasteiger partial charge in [-0.05, 0) is 50.1 Å². The van der Waals surface area contributed by atoms with Gasteiger partial charge in [-0.3, -0.25) is 9.69 Å². The Morgan fingerprint density at radius 2 is 1.91 bits per heavy atom. The highest BCUT2D eigenvalue weighted by molar-refractivity contribution is 7.91. The number of aromatic nitrogens is 2. The molecule has 0 saturated carbocycles. The fourth-order valence-electron chi connectivity index (χ4n) is 4.55. The van der Waals surface area contributed by atoms with Gasteiger partial charge in [0.05, 0.1) is 34.4 Å². The molecule has 2 atom stereocenters. The first-order valence-corrected chi connectivity index (χ1v) is 12.7. The molecule has 2 aliphatic rings. The van der Waals surface area contributed by atoms with E-state index in [1.807, 2.05) is 56.3 Å². The second-order valence-electron chi connectivity index (χ2n) is 8.40. The van der Waals surface area contributed by atoms with Crippen molar-refractivity contribution in [3.8, 4) is 0 Å². The van der Waals surface area contributed by atoms with Crippen LogP contribution in [-0.2, 0) is 9.84 Å². The van der Waals surface area contributed by atoms with Crippen LogP contribution in [-0.4, -0.2) is 35.6 Å². The highest BCUT2D eigenvalue weighted by Gasteiger charge is 2.39. The maximum Gasteiger partial charge on any atom is 0.262 e. The summed E-state index contributed by atoms with van der Waals surface area (Å²) in [6, 6.07) is 14.8. The van der Waals surface area contributed by atoms with Crippen LogP contribution in [0.5, 0.6) is 0 Å². The van der Waals surface area contributed by atoms with Crippen molar-refractivity contribution >= 4 is 38.7 Å². The summed E-state index contributed by atoms with van der Waals surface area (Å²) in [6.07, 6.45) is -0.109. The van der Waals surface area contributed by atoms with Gasteiger partial charge in [-0.25, -0.2) is 13.1 Å². The van der Waals surface area contributed by atoms with E-state index in [0.717, 1.165) is 16.9 Å². The van der Waals surface area contributed by atoms with E-state index >= 15 is 0 Å². The van der Waals surface area contributed by atoms with Gasteiger partial charge in [-0.1, -0.05) is 35.9 Å². The number of sulfone groups is 1. The normalized spacial score (nSPS) is 22.0. The van der Waals surface area contributed by atoms with Crippen molar-refractivity contribution in [2.24, 2.45) is 0 Å². The lowest BCUT2D eigenvalue weighted by Crippen LogP contribution is -2.43. The number of hydrogen-bond donors (Lipinski definition) is 1. The van der Waals surface area contributed by atoms with Gasteiger partial charge in [0.1, 0.15) is 11.3 Å². The molecule has 9 heteroatoms. The van der Waals surface area contributed by atoms with Gasteiger partial charge in [0.15, 0.2) is 9.84 Å². The topological polar surface area (TPSA) is 84.3 Å². The Bertz CT molecular complexity index is 1330. The quantitative estimate of drug-likeness (QED) is 0.617. The Balaban J connectivity index is 1.65. The number of para-hydroxylation sites is 1. The molecule has 1 fully saturated rings. The minimum absolute atomic E-state index is 0.0226. The van der Waals surface area contributed by atoms with Crippen LogP contribution >= 0.6 is 11.6 Å². The van der Waals surface area contributed by atoms with Crippen molar-refractivity contribution < 1.29 is 13.2 Å². The second-order valence-corrected chi connectivity index (χ2v) is 11.0. The molecule has 2 aromatic carbocycles. The molecule has 3 aromatic rings. The molecule has 0 radical (unpaired) electrons. The smallest absolute Gasteiger partial charge is 0.262 e. The summed E-state index contributed by atoms with van der Waals surface area (Å²) in [5.41, 5.74) is 4.39. The number of nitrogens with one attached hydrogen (secondary N) is 1. The first-order chi connectivity index (χ1) is 15.2. The van der Waals surface area contributed by atoms with Crippen LogP contribution < -0.4 is 10.2 Å². The summed E-state index contributed by atoms with van der Waals surface area (Å²) >= 11 is 6.82. The van der Waals surface area contributed by atoms with E-state index in [0.29, 0.717) is 28.4 Å². The van der Waals surface area contributed by atoms with Crippen LogP contribution in [0.2, 0.25) is 5.15 Å². The number of halogens is 1. The van der Waals surface area contributed by atoms with Gasteiger partial charge in [0.25, 0.3) is 5.91 Å². The molecule has 0 spiro atoms. The van der Waals surface area contributed by atoms with Crippen molar-refractivity contribution in [1.82, 2.24) is 9.78 Å². The average molecular weight is 471 g/mol. The molecule has 0 bridgehead atoms. The molecular weight excluding hydrogens is 448 g/mol. The van der Waals surface area contributed by atoms with Crippen molar-refractivity contribution in [3.63, 3.8) is 0 Å². The Morgan fingerprint density at radius 3 is 2.62 bits per heavy atom. The molecule has 1 saturated heterocycles. The highest BCUT2D eigenvalue weighted by atomic mass is 35.5. The molecule has 166 valence electrons. The van der Waals surface area contributed by atoms with E-state index in [2.05, 4.69) is 10.4 Å². The molecule has 7 nitrogen and oxygen atoms in total. The minimum Gasteiger partial charge on any atom is -0.360 e. The summed E-state index contributed by atoms with van der Waals surface area (Å²) in [5.74, 6) is 0.0153.